The van der Waals surface area contributed by atoms with Gasteiger partial charge < -0.3 is 10.2 Å². The summed E-state index contributed by atoms with van der Waals surface area (Å²) in [4.78, 5) is 14.4. The van der Waals surface area contributed by atoms with Crippen LogP contribution in [0.4, 0.5) is 0 Å². The first-order chi connectivity index (χ1) is 10.6. The van der Waals surface area contributed by atoms with Crippen molar-refractivity contribution in [2.24, 2.45) is 0 Å². The second-order valence-electron chi connectivity index (χ2n) is 6.94. The molecule has 1 fully saturated rings. The van der Waals surface area contributed by atoms with Crippen LogP contribution in [-0.4, -0.2) is 62.3 Å². The molecule has 1 N–H and O–H groups in total. The first kappa shape index (κ1) is 17.9. The van der Waals surface area contributed by atoms with E-state index in [2.05, 4.69) is 10.2 Å². The molecule has 2 rings (SSSR count). The Kier molecular flexibility index (Phi) is 5.13. The van der Waals surface area contributed by atoms with E-state index < -0.39 is 10.0 Å². The molecule has 1 aromatic carbocycles. The molecule has 0 aromatic heterocycles. The van der Waals surface area contributed by atoms with E-state index in [0.29, 0.717) is 18.7 Å². The number of nitrogens with zero attached hydrogens (tertiary/aromatic N) is 2. The quantitative estimate of drug-likeness (QED) is 0.897. The third-order valence-electron chi connectivity index (χ3n) is 3.71. The Labute approximate surface area is 138 Å². The molecule has 0 atom stereocenters. The molecule has 0 aliphatic carbocycles. The van der Waals surface area contributed by atoms with Crippen LogP contribution in [0.25, 0.3) is 0 Å². The number of hydrogen-bond acceptors (Lipinski definition) is 4. The van der Waals surface area contributed by atoms with E-state index in [1.165, 1.54) is 16.4 Å². The van der Waals surface area contributed by atoms with E-state index in [1.54, 1.807) is 12.1 Å². The SMILES string of the molecule is CN1CCN(S(=O)(=O)c2ccc(C(=O)NC(C)(C)C)cc2)CC1. The zero-order valence-corrected chi connectivity index (χ0v) is 15.0. The van der Waals surface area contributed by atoms with Crippen LogP contribution in [0.3, 0.4) is 0 Å². The van der Waals surface area contributed by atoms with Crippen LogP contribution >= 0.6 is 0 Å². The highest BCUT2D eigenvalue weighted by Gasteiger charge is 2.27. The molecule has 23 heavy (non-hydrogen) atoms. The minimum atomic E-state index is -3.49. The third-order valence-corrected chi connectivity index (χ3v) is 5.62. The summed E-state index contributed by atoms with van der Waals surface area (Å²) in [7, 11) is -1.51. The van der Waals surface area contributed by atoms with Crippen molar-refractivity contribution in [3.63, 3.8) is 0 Å². The molecular weight excluding hydrogens is 314 g/mol. The highest BCUT2D eigenvalue weighted by Crippen LogP contribution is 2.18. The Hall–Kier alpha value is -1.44. The van der Waals surface area contributed by atoms with Crippen LogP contribution in [0.1, 0.15) is 31.1 Å². The monoisotopic (exact) mass is 339 g/mol. The second kappa shape index (κ2) is 6.59. The number of amides is 1. The Morgan fingerprint density at radius 1 is 1.04 bits per heavy atom. The molecule has 0 unspecified atom stereocenters. The number of hydrogen-bond donors (Lipinski definition) is 1. The van der Waals surface area contributed by atoms with E-state index in [9.17, 15) is 13.2 Å². The number of sulfonamides is 1. The van der Waals surface area contributed by atoms with Crippen LogP contribution < -0.4 is 5.32 Å². The van der Waals surface area contributed by atoms with Gasteiger partial charge in [0, 0.05) is 37.3 Å². The molecule has 0 spiro atoms. The normalized spacial score (nSPS) is 17.9. The van der Waals surface area contributed by atoms with Crippen molar-refractivity contribution in [2.45, 2.75) is 31.2 Å². The number of nitrogens with one attached hydrogen (secondary N) is 1. The van der Waals surface area contributed by atoms with Gasteiger partial charge in [-0.15, -0.1) is 0 Å². The fourth-order valence-electron chi connectivity index (χ4n) is 2.37. The second-order valence-corrected chi connectivity index (χ2v) is 8.87. The minimum Gasteiger partial charge on any atom is -0.347 e. The van der Waals surface area contributed by atoms with E-state index in [-0.39, 0.29) is 16.3 Å². The van der Waals surface area contributed by atoms with E-state index in [4.69, 9.17) is 0 Å². The lowest BCUT2D eigenvalue weighted by molar-refractivity contribution is 0.0919. The zero-order valence-electron chi connectivity index (χ0n) is 14.2. The Balaban J connectivity index is 2.14. The number of carbonyl (C=O) groups is 1. The van der Waals surface area contributed by atoms with Gasteiger partial charge in [0.15, 0.2) is 0 Å². The van der Waals surface area contributed by atoms with Crippen LogP contribution in [0.15, 0.2) is 29.2 Å². The number of rotatable bonds is 3. The van der Waals surface area contributed by atoms with Crippen molar-refractivity contribution < 1.29 is 13.2 Å². The lowest BCUT2D eigenvalue weighted by Gasteiger charge is -2.31. The van der Waals surface area contributed by atoms with E-state index >= 15 is 0 Å². The number of benzene rings is 1. The molecule has 1 heterocycles. The van der Waals surface area contributed by atoms with Crippen LogP contribution in [-0.2, 0) is 10.0 Å². The zero-order chi connectivity index (χ0) is 17.3. The minimum absolute atomic E-state index is 0.207. The first-order valence-electron chi connectivity index (χ1n) is 7.71. The molecule has 1 aliphatic rings. The molecule has 0 saturated carbocycles. The highest BCUT2D eigenvalue weighted by atomic mass is 32.2. The molecule has 1 aromatic rings. The Morgan fingerprint density at radius 3 is 2.04 bits per heavy atom. The number of piperazine rings is 1. The summed E-state index contributed by atoms with van der Waals surface area (Å²) in [5.74, 6) is -0.207. The molecule has 1 saturated heterocycles. The maximum Gasteiger partial charge on any atom is 0.251 e. The van der Waals surface area contributed by atoms with Gasteiger partial charge in [0.2, 0.25) is 10.0 Å². The topological polar surface area (TPSA) is 69.7 Å². The van der Waals surface area contributed by atoms with Crippen molar-refractivity contribution in [2.75, 3.05) is 33.2 Å². The van der Waals surface area contributed by atoms with Crippen molar-refractivity contribution in [3.8, 4) is 0 Å². The lowest BCUT2D eigenvalue weighted by Crippen LogP contribution is -2.47. The van der Waals surface area contributed by atoms with Gasteiger partial charge in [0.25, 0.3) is 5.91 Å². The Bertz CT molecular complexity index is 655. The molecule has 1 aliphatic heterocycles. The van der Waals surface area contributed by atoms with Crippen molar-refractivity contribution in [1.82, 2.24) is 14.5 Å². The summed E-state index contributed by atoms with van der Waals surface area (Å²) < 4.78 is 26.7. The molecule has 0 radical (unpaired) electrons. The van der Waals surface area contributed by atoms with Crippen LogP contribution in [0.2, 0.25) is 0 Å². The van der Waals surface area contributed by atoms with Gasteiger partial charge in [-0.25, -0.2) is 8.42 Å². The van der Waals surface area contributed by atoms with E-state index in [1.807, 2.05) is 27.8 Å². The fraction of sp³-hybridized carbons (Fsp3) is 0.562. The average Bonchev–Trinajstić information content (AvgIpc) is 2.46. The molecule has 7 heteroatoms. The smallest absolute Gasteiger partial charge is 0.251 e. The predicted molar refractivity (Wildman–Crippen MR) is 89.9 cm³/mol. The first-order valence-corrected chi connectivity index (χ1v) is 9.15. The van der Waals surface area contributed by atoms with E-state index in [0.717, 1.165) is 13.1 Å². The number of carbonyl (C=O) groups excluding carboxylic acids is 1. The van der Waals surface area contributed by atoms with Crippen molar-refractivity contribution in [3.05, 3.63) is 29.8 Å². The highest BCUT2D eigenvalue weighted by molar-refractivity contribution is 7.89. The maximum absolute atomic E-state index is 12.6. The fourth-order valence-corrected chi connectivity index (χ4v) is 3.79. The van der Waals surface area contributed by atoms with Gasteiger partial charge in [0.05, 0.1) is 4.90 Å². The van der Waals surface area contributed by atoms with Gasteiger partial charge in [-0.1, -0.05) is 0 Å². The predicted octanol–water partition coefficient (Wildman–Crippen LogP) is 1.15. The van der Waals surface area contributed by atoms with Gasteiger partial charge in [-0.3, -0.25) is 4.79 Å². The Morgan fingerprint density at radius 2 is 1.57 bits per heavy atom. The lowest BCUT2D eigenvalue weighted by atomic mass is 10.1. The van der Waals surface area contributed by atoms with Gasteiger partial charge >= 0.3 is 0 Å². The maximum atomic E-state index is 12.6. The van der Waals surface area contributed by atoms with Gasteiger partial charge in [-0.05, 0) is 52.1 Å². The van der Waals surface area contributed by atoms with Crippen LogP contribution in [0.5, 0.6) is 0 Å². The molecule has 0 bridgehead atoms. The summed E-state index contributed by atoms with van der Waals surface area (Å²) in [6, 6.07) is 6.13. The summed E-state index contributed by atoms with van der Waals surface area (Å²) in [6.07, 6.45) is 0. The van der Waals surface area contributed by atoms with Gasteiger partial charge in [0.1, 0.15) is 0 Å². The summed E-state index contributed by atoms with van der Waals surface area (Å²) in [6.45, 7) is 8.14. The largest absolute Gasteiger partial charge is 0.347 e. The molecule has 1 amide bonds. The average molecular weight is 339 g/mol. The standard InChI is InChI=1S/C16H25N3O3S/c1-16(2,3)17-15(20)13-5-7-14(8-6-13)23(21,22)19-11-9-18(4)10-12-19/h5-8H,9-12H2,1-4H3,(H,17,20). The molecule has 6 nitrogen and oxygen atoms in total. The molecule has 128 valence electrons. The van der Waals surface area contributed by atoms with Gasteiger partial charge in [-0.2, -0.15) is 4.31 Å². The van der Waals surface area contributed by atoms with Crippen LogP contribution in [0, 0.1) is 0 Å². The number of likely N-dealkylation sites (N-methyl/N-ethyl adjacent to an activating group) is 1. The third kappa shape index (κ3) is 4.53. The summed E-state index contributed by atoms with van der Waals surface area (Å²) in [5.41, 5.74) is 0.124. The van der Waals surface area contributed by atoms with Crippen molar-refractivity contribution >= 4 is 15.9 Å². The summed E-state index contributed by atoms with van der Waals surface area (Å²) >= 11 is 0. The van der Waals surface area contributed by atoms with Crippen molar-refractivity contribution in [1.29, 1.82) is 0 Å². The molecular formula is C16H25N3O3S. The summed E-state index contributed by atoms with van der Waals surface area (Å²) in [5, 5.41) is 2.86.